The van der Waals surface area contributed by atoms with Gasteiger partial charge in [-0.05, 0) is 66.2 Å². The molecule has 6 nitrogen and oxygen atoms in total. The molecule has 0 aromatic heterocycles. The van der Waals surface area contributed by atoms with Crippen molar-refractivity contribution in [2.45, 2.75) is 25.4 Å². The van der Waals surface area contributed by atoms with Crippen LogP contribution in [0.5, 0.6) is 0 Å². The van der Waals surface area contributed by atoms with E-state index in [9.17, 15) is 14.0 Å². The second kappa shape index (κ2) is 12.1. The number of nitrogens with zero attached hydrogens (tertiary/aromatic N) is 2. The van der Waals surface area contributed by atoms with Crippen molar-refractivity contribution in [3.05, 3.63) is 131 Å². The Kier molecular flexibility index (Phi) is 8.12. The molecule has 202 valence electrons. The average molecular weight is 535 g/mol. The largest absolute Gasteiger partial charge is 0.352 e. The first-order chi connectivity index (χ1) is 19.4. The van der Waals surface area contributed by atoms with Crippen molar-refractivity contribution in [2.24, 2.45) is 4.99 Å². The molecule has 1 aliphatic heterocycles. The predicted molar refractivity (Wildman–Crippen MR) is 156 cm³/mol. The number of carbonyl (C=O) groups is 2. The number of aliphatic imine (C=N–C) groups is 1. The van der Waals surface area contributed by atoms with E-state index in [-0.39, 0.29) is 11.8 Å². The highest BCUT2D eigenvalue weighted by molar-refractivity contribution is 6.24. The highest BCUT2D eigenvalue weighted by atomic mass is 19.1. The van der Waals surface area contributed by atoms with Crippen LogP contribution in [0, 0.1) is 5.82 Å². The molecule has 0 aliphatic carbocycles. The van der Waals surface area contributed by atoms with E-state index in [0.29, 0.717) is 29.9 Å². The third-order valence-corrected chi connectivity index (χ3v) is 6.75. The lowest BCUT2D eigenvalue weighted by Gasteiger charge is -2.15. The summed E-state index contributed by atoms with van der Waals surface area (Å²) in [6, 6.07) is 29.5. The highest BCUT2D eigenvalue weighted by Gasteiger charge is 2.35. The summed E-state index contributed by atoms with van der Waals surface area (Å²) in [4.78, 5) is 32.6. The predicted octanol–water partition coefficient (Wildman–Crippen LogP) is 5.60. The molecule has 1 heterocycles. The number of halogens is 1. The molecule has 0 fully saturated rings. The van der Waals surface area contributed by atoms with E-state index in [1.54, 1.807) is 6.07 Å². The number of rotatable bonds is 9. The molecule has 7 heteroatoms. The molecule has 2 amide bonds. The van der Waals surface area contributed by atoms with Crippen LogP contribution in [0.3, 0.4) is 0 Å². The van der Waals surface area contributed by atoms with Crippen molar-refractivity contribution >= 4 is 28.9 Å². The zero-order valence-corrected chi connectivity index (χ0v) is 22.5. The molecule has 4 aromatic carbocycles. The van der Waals surface area contributed by atoms with Crippen molar-refractivity contribution < 1.29 is 14.0 Å². The van der Waals surface area contributed by atoms with E-state index < -0.39 is 11.7 Å². The van der Waals surface area contributed by atoms with Gasteiger partial charge in [0.05, 0.1) is 17.8 Å². The van der Waals surface area contributed by atoms with E-state index in [1.807, 2.05) is 93.0 Å². The minimum Gasteiger partial charge on any atom is -0.352 e. The number of fused-ring (bicyclic) bond motifs is 1. The third kappa shape index (κ3) is 6.50. The molecule has 1 aliphatic rings. The van der Waals surface area contributed by atoms with Crippen LogP contribution in [0.15, 0.2) is 102 Å². The lowest BCUT2D eigenvalue weighted by atomic mass is 9.90. The molecule has 4 aromatic rings. The van der Waals surface area contributed by atoms with Crippen LogP contribution in [0.4, 0.5) is 15.8 Å². The molecule has 1 atom stereocenters. The smallest absolute Gasteiger partial charge is 0.238 e. The van der Waals surface area contributed by atoms with Crippen LogP contribution in [0.1, 0.15) is 33.7 Å². The maximum atomic E-state index is 13.9. The summed E-state index contributed by atoms with van der Waals surface area (Å²) in [7, 11) is 4.03. The third-order valence-electron chi connectivity index (χ3n) is 6.75. The van der Waals surface area contributed by atoms with Gasteiger partial charge in [0.15, 0.2) is 0 Å². The van der Waals surface area contributed by atoms with Gasteiger partial charge in [-0.3, -0.25) is 14.6 Å². The molecular weight excluding hydrogens is 503 g/mol. The topological polar surface area (TPSA) is 73.8 Å². The van der Waals surface area contributed by atoms with Crippen LogP contribution in [0.25, 0.3) is 0 Å². The number of anilines is 1. The molecule has 0 radical (unpaired) electrons. The van der Waals surface area contributed by atoms with Crippen LogP contribution in [0.2, 0.25) is 0 Å². The number of hydrogen-bond acceptors (Lipinski definition) is 4. The van der Waals surface area contributed by atoms with E-state index in [1.165, 1.54) is 12.1 Å². The van der Waals surface area contributed by atoms with Gasteiger partial charge in [-0.2, -0.15) is 0 Å². The molecule has 2 N–H and O–H groups in total. The Hall–Kier alpha value is -4.62. The quantitative estimate of drug-likeness (QED) is 0.275. The van der Waals surface area contributed by atoms with Gasteiger partial charge in [0.2, 0.25) is 11.8 Å². The lowest BCUT2D eigenvalue weighted by molar-refractivity contribution is -0.120. The standard InChI is InChI=1S/C33H31FN4O2/c1-38(2)21-24-10-15-27(16-11-24)36-32(31-28-17-14-26(34)19-29(28)37-33(31)40)25-12-8-23(9-13-25)20-35-30(39)18-22-6-4-3-5-7-22/h3-17,19,31H,18,20-21H2,1-2H3,(H,35,39)(H,37,40). The first-order valence-corrected chi connectivity index (χ1v) is 13.2. The number of nitrogens with one attached hydrogen (secondary N) is 2. The van der Waals surface area contributed by atoms with Crippen molar-refractivity contribution in [1.82, 2.24) is 10.2 Å². The maximum Gasteiger partial charge on any atom is 0.238 e. The second-order valence-electron chi connectivity index (χ2n) is 10.2. The van der Waals surface area contributed by atoms with Crippen molar-refractivity contribution in [3.63, 3.8) is 0 Å². The maximum absolute atomic E-state index is 13.9. The minimum absolute atomic E-state index is 0.0540. The second-order valence-corrected chi connectivity index (χ2v) is 10.2. The van der Waals surface area contributed by atoms with Gasteiger partial charge < -0.3 is 15.5 Å². The van der Waals surface area contributed by atoms with Gasteiger partial charge in [0, 0.05) is 18.8 Å². The van der Waals surface area contributed by atoms with E-state index in [0.717, 1.165) is 34.5 Å². The van der Waals surface area contributed by atoms with Crippen molar-refractivity contribution in [3.8, 4) is 0 Å². The number of amides is 2. The fraction of sp³-hybridized carbons (Fsp3) is 0.182. The van der Waals surface area contributed by atoms with E-state index in [4.69, 9.17) is 4.99 Å². The highest BCUT2D eigenvalue weighted by Crippen LogP contribution is 2.36. The Morgan fingerprint density at radius 3 is 2.30 bits per heavy atom. The summed E-state index contributed by atoms with van der Waals surface area (Å²) in [5.74, 6) is -1.40. The van der Waals surface area contributed by atoms with Gasteiger partial charge in [-0.25, -0.2) is 4.39 Å². The van der Waals surface area contributed by atoms with Crippen LogP contribution in [-0.2, 0) is 29.1 Å². The molecule has 0 bridgehead atoms. The Morgan fingerprint density at radius 2 is 1.60 bits per heavy atom. The van der Waals surface area contributed by atoms with Crippen LogP contribution < -0.4 is 10.6 Å². The van der Waals surface area contributed by atoms with Crippen LogP contribution in [-0.4, -0.2) is 36.5 Å². The lowest BCUT2D eigenvalue weighted by Crippen LogP contribution is -2.24. The fourth-order valence-electron chi connectivity index (χ4n) is 4.82. The summed E-state index contributed by atoms with van der Waals surface area (Å²) in [6.07, 6.45) is 0.319. The normalized spacial score (nSPS) is 14.7. The summed E-state index contributed by atoms with van der Waals surface area (Å²) in [5.41, 5.74) is 6.25. The first-order valence-electron chi connectivity index (χ1n) is 13.2. The van der Waals surface area contributed by atoms with Gasteiger partial charge in [-0.15, -0.1) is 0 Å². The molecule has 0 saturated heterocycles. The number of hydrogen-bond donors (Lipinski definition) is 2. The van der Waals surface area contributed by atoms with Gasteiger partial charge >= 0.3 is 0 Å². The molecule has 0 saturated carbocycles. The zero-order valence-electron chi connectivity index (χ0n) is 22.5. The van der Waals surface area contributed by atoms with Crippen LogP contribution >= 0.6 is 0 Å². The molecule has 1 unspecified atom stereocenters. The monoisotopic (exact) mass is 534 g/mol. The minimum atomic E-state index is -0.687. The first kappa shape index (κ1) is 27.0. The Balaban J connectivity index is 1.40. The SMILES string of the molecule is CN(C)Cc1ccc(N=C(c2ccc(CNC(=O)Cc3ccccc3)cc2)C2C(=O)Nc3cc(F)ccc32)cc1. The summed E-state index contributed by atoms with van der Waals surface area (Å²) in [5, 5.41) is 5.77. The zero-order chi connectivity index (χ0) is 28.1. The Bertz CT molecular complexity index is 1530. The number of benzene rings is 4. The van der Waals surface area contributed by atoms with Gasteiger partial charge in [-0.1, -0.05) is 72.8 Å². The molecular formula is C33H31FN4O2. The molecule has 0 spiro atoms. The summed E-state index contributed by atoms with van der Waals surface area (Å²) >= 11 is 0. The molecule has 40 heavy (non-hydrogen) atoms. The van der Waals surface area contributed by atoms with Crippen molar-refractivity contribution in [1.29, 1.82) is 0 Å². The summed E-state index contributed by atoms with van der Waals surface area (Å²) in [6.45, 7) is 1.20. The van der Waals surface area contributed by atoms with Gasteiger partial charge in [0.1, 0.15) is 11.7 Å². The number of carbonyl (C=O) groups excluding carboxylic acids is 2. The van der Waals surface area contributed by atoms with E-state index in [2.05, 4.69) is 15.5 Å². The summed E-state index contributed by atoms with van der Waals surface area (Å²) < 4.78 is 13.9. The van der Waals surface area contributed by atoms with Gasteiger partial charge in [0.25, 0.3) is 0 Å². The van der Waals surface area contributed by atoms with Crippen molar-refractivity contribution in [2.75, 3.05) is 19.4 Å². The Labute approximate surface area is 233 Å². The van der Waals surface area contributed by atoms with E-state index >= 15 is 0 Å². The molecule has 5 rings (SSSR count). The fourth-order valence-corrected chi connectivity index (χ4v) is 4.82. The average Bonchev–Trinajstić information content (AvgIpc) is 3.26. The Morgan fingerprint density at radius 1 is 0.900 bits per heavy atom.